The van der Waals surface area contributed by atoms with Gasteiger partial charge in [0.05, 0.1) is 12.7 Å². The Hall–Kier alpha value is -3.28. The number of methoxy groups -OCH3 is 1. The second-order valence-electron chi connectivity index (χ2n) is 6.64. The fourth-order valence-electron chi connectivity index (χ4n) is 3.18. The molecule has 0 amide bonds. The van der Waals surface area contributed by atoms with Crippen LogP contribution in [0.1, 0.15) is 36.7 Å². The maximum absolute atomic E-state index is 12.6. The first-order valence-corrected chi connectivity index (χ1v) is 9.64. The summed E-state index contributed by atoms with van der Waals surface area (Å²) in [5.41, 5.74) is 2.49. The highest BCUT2D eigenvalue weighted by molar-refractivity contribution is 6.14. The second kappa shape index (κ2) is 8.82. The van der Waals surface area contributed by atoms with Gasteiger partial charge in [-0.2, -0.15) is 0 Å². The van der Waals surface area contributed by atoms with Crippen LogP contribution in [0.4, 0.5) is 5.69 Å². The number of allylic oxidation sites excluding steroid dienone is 1. The maximum Gasteiger partial charge on any atom is 0.346 e. The van der Waals surface area contributed by atoms with E-state index < -0.39 is 12.1 Å². The molecule has 0 saturated carbocycles. The SMILES string of the molecule is CCN(CC)c1ccc(/C=C2\Oc3cc(OC(C)C(=O)OC)ccc3C2=O)cc1. The van der Waals surface area contributed by atoms with Crippen molar-refractivity contribution >= 4 is 23.5 Å². The lowest BCUT2D eigenvalue weighted by Crippen LogP contribution is -2.24. The fraction of sp³-hybridized carbons (Fsp3) is 0.304. The van der Waals surface area contributed by atoms with Crippen LogP contribution in [0.15, 0.2) is 48.2 Å². The monoisotopic (exact) mass is 395 g/mol. The Balaban J connectivity index is 1.77. The minimum absolute atomic E-state index is 0.180. The van der Waals surface area contributed by atoms with Crippen LogP contribution in [-0.2, 0) is 9.53 Å². The summed E-state index contributed by atoms with van der Waals surface area (Å²) in [7, 11) is 1.30. The molecule has 0 fully saturated rings. The van der Waals surface area contributed by atoms with Crippen molar-refractivity contribution in [3.63, 3.8) is 0 Å². The number of ether oxygens (including phenoxy) is 3. The number of ketones is 1. The molecule has 1 aliphatic heterocycles. The smallest absolute Gasteiger partial charge is 0.346 e. The molecule has 0 N–H and O–H groups in total. The third-order valence-electron chi connectivity index (χ3n) is 4.81. The van der Waals surface area contributed by atoms with Crippen molar-refractivity contribution in [1.29, 1.82) is 0 Å². The van der Waals surface area contributed by atoms with Crippen molar-refractivity contribution in [2.75, 3.05) is 25.1 Å². The van der Waals surface area contributed by atoms with E-state index in [-0.39, 0.29) is 11.5 Å². The van der Waals surface area contributed by atoms with Crippen molar-refractivity contribution in [1.82, 2.24) is 0 Å². The fourth-order valence-corrected chi connectivity index (χ4v) is 3.18. The van der Waals surface area contributed by atoms with Crippen molar-refractivity contribution in [2.24, 2.45) is 0 Å². The zero-order chi connectivity index (χ0) is 21.0. The van der Waals surface area contributed by atoms with Gasteiger partial charge in [-0.1, -0.05) is 12.1 Å². The summed E-state index contributed by atoms with van der Waals surface area (Å²) >= 11 is 0. The zero-order valence-corrected chi connectivity index (χ0v) is 17.1. The van der Waals surface area contributed by atoms with Gasteiger partial charge in [0.1, 0.15) is 11.5 Å². The van der Waals surface area contributed by atoms with E-state index in [1.165, 1.54) is 7.11 Å². The Morgan fingerprint density at radius 3 is 2.45 bits per heavy atom. The van der Waals surface area contributed by atoms with Crippen LogP contribution in [0.5, 0.6) is 11.5 Å². The number of esters is 1. The van der Waals surface area contributed by atoms with E-state index in [4.69, 9.17) is 9.47 Å². The quantitative estimate of drug-likeness (QED) is 0.520. The molecular formula is C23H25NO5. The first-order chi connectivity index (χ1) is 14.0. The molecule has 6 heteroatoms. The van der Waals surface area contributed by atoms with E-state index in [0.29, 0.717) is 17.1 Å². The van der Waals surface area contributed by atoms with Crippen LogP contribution in [-0.4, -0.2) is 38.1 Å². The van der Waals surface area contributed by atoms with Crippen molar-refractivity contribution < 1.29 is 23.8 Å². The maximum atomic E-state index is 12.6. The Bertz CT molecular complexity index is 929. The summed E-state index contributed by atoms with van der Waals surface area (Å²) in [6, 6.07) is 12.9. The molecule has 3 rings (SSSR count). The minimum atomic E-state index is -0.755. The van der Waals surface area contributed by atoms with Gasteiger partial charge in [0.2, 0.25) is 5.78 Å². The Morgan fingerprint density at radius 1 is 1.14 bits per heavy atom. The number of benzene rings is 2. The van der Waals surface area contributed by atoms with Crippen LogP contribution in [0.25, 0.3) is 6.08 Å². The number of fused-ring (bicyclic) bond motifs is 1. The number of rotatable bonds is 7. The summed E-state index contributed by atoms with van der Waals surface area (Å²) in [5, 5.41) is 0. The molecule has 0 aromatic heterocycles. The Labute approximate surface area is 170 Å². The van der Waals surface area contributed by atoms with Gasteiger partial charge in [0.15, 0.2) is 11.9 Å². The lowest BCUT2D eigenvalue weighted by Gasteiger charge is -2.20. The highest BCUT2D eigenvalue weighted by Crippen LogP contribution is 2.35. The molecule has 6 nitrogen and oxygen atoms in total. The molecule has 0 aliphatic carbocycles. The molecule has 0 radical (unpaired) electrons. The van der Waals surface area contributed by atoms with Gasteiger partial charge in [-0.3, -0.25) is 4.79 Å². The van der Waals surface area contributed by atoms with E-state index in [0.717, 1.165) is 24.3 Å². The molecule has 0 bridgehead atoms. The van der Waals surface area contributed by atoms with Gasteiger partial charge in [-0.25, -0.2) is 4.79 Å². The first-order valence-electron chi connectivity index (χ1n) is 9.64. The summed E-state index contributed by atoms with van der Waals surface area (Å²) in [6.07, 6.45) is 0.973. The van der Waals surface area contributed by atoms with Crippen molar-refractivity contribution in [3.05, 3.63) is 59.4 Å². The van der Waals surface area contributed by atoms with Crippen LogP contribution in [0.3, 0.4) is 0 Å². The molecule has 2 aromatic rings. The predicted molar refractivity (Wildman–Crippen MR) is 111 cm³/mol. The van der Waals surface area contributed by atoms with E-state index in [2.05, 4.69) is 23.5 Å². The lowest BCUT2D eigenvalue weighted by atomic mass is 10.1. The third kappa shape index (κ3) is 4.42. The molecular weight excluding hydrogens is 370 g/mol. The molecule has 0 spiro atoms. The zero-order valence-electron chi connectivity index (χ0n) is 17.1. The number of carbonyl (C=O) groups is 2. The number of nitrogens with zero attached hydrogens (tertiary/aromatic N) is 1. The Morgan fingerprint density at radius 2 is 1.83 bits per heavy atom. The minimum Gasteiger partial charge on any atom is -0.479 e. The van der Waals surface area contributed by atoms with Crippen molar-refractivity contribution in [2.45, 2.75) is 26.9 Å². The van der Waals surface area contributed by atoms with Gasteiger partial charge in [0.25, 0.3) is 0 Å². The van der Waals surface area contributed by atoms with Crippen LogP contribution < -0.4 is 14.4 Å². The molecule has 1 heterocycles. The highest BCUT2D eigenvalue weighted by atomic mass is 16.6. The van der Waals surface area contributed by atoms with E-state index in [9.17, 15) is 9.59 Å². The summed E-state index contributed by atoms with van der Waals surface area (Å²) < 4.78 is 16.0. The number of hydrogen-bond donors (Lipinski definition) is 0. The largest absolute Gasteiger partial charge is 0.479 e. The van der Waals surface area contributed by atoms with Gasteiger partial charge in [-0.15, -0.1) is 0 Å². The topological polar surface area (TPSA) is 65.1 Å². The summed E-state index contributed by atoms with van der Waals surface area (Å²) in [5.74, 6) is 0.445. The lowest BCUT2D eigenvalue weighted by molar-refractivity contribution is -0.147. The number of Topliss-reactive ketones (excluding diaryl/α,β-unsaturated/α-hetero) is 1. The van der Waals surface area contributed by atoms with E-state index in [1.54, 1.807) is 31.2 Å². The average Bonchev–Trinajstić information content (AvgIpc) is 3.04. The summed E-state index contributed by atoms with van der Waals surface area (Å²) in [6.45, 7) is 7.70. The standard InChI is InChI=1S/C23H25NO5/c1-5-24(6-2)17-9-7-16(8-10-17)13-21-22(25)19-12-11-18(14-20(19)29-21)28-15(3)23(26)27-4/h7-15H,5-6H2,1-4H3/b21-13-. The van der Waals surface area contributed by atoms with E-state index >= 15 is 0 Å². The third-order valence-corrected chi connectivity index (χ3v) is 4.81. The van der Waals surface area contributed by atoms with Gasteiger partial charge in [0, 0.05) is 24.8 Å². The highest BCUT2D eigenvalue weighted by Gasteiger charge is 2.28. The molecule has 29 heavy (non-hydrogen) atoms. The van der Waals surface area contributed by atoms with Gasteiger partial charge >= 0.3 is 5.97 Å². The van der Waals surface area contributed by atoms with E-state index in [1.807, 2.05) is 24.3 Å². The molecule has 1 atom stereocenters. The summed E-state index contributed by atoms with van der Waals surface area (Å²) in [4.78, 5) is 26.4. The first kappa shape index (κ1) is 20.5. The average molecular weight is 395 g/mol. The second-order valence-corrected chi connectivity index (χ2v) is 6.64. The predicted octanol–water partition coefficient (Wildman–Crippen LogP) is 4.09. The van der Waals surface area contributed by atoms with Crippen LogP contribution in [0, 0.1) is 0 Å². The van der Waals surface area contributed by atoms with Gasteiger partial charge < -0.3 is 19.1 Å². The van der Waals surface area contributed by atoms with Crippen molar-refractivity contribution in [3.8, 4) is 11.5 Å². The van der Waals surface area contributed by atoms with Crippen LogP contribution >= 0.6 is 0 Å². The number of anilines is 1. The Kier molecular flexibility index (Phi) is 6.22. The number of hydrogen-bond acceptors (Lipinski definition) is 6. The number of carbonyl (C=O) groups excluding carboxylic acids is 2. The molecule has 152 valence electrons. The van der Waals surface area contributed by atoms with Crippen LogP contribution in [0.2, 0.25) is 0 Å². The van der Waals surface area contributed by atoms with Gasteiger partial charge in [-0.05, 0) is 56.7 Å². The molecule has 1 unspecified atom stereocenters. The molecule has 2 aromatic carbocycles. The molecule has 1 aliphatic rings. The molecule has 0 saturated heterocycles. The normalized spacial score (nSPS) is 14.9.